The lowest BCUT2D eigenvalue weighted by Crippen LogP contribution is -2.33. The number of allylic oxidation sites excluding steroid dienone is 2. The lowest BCUT2D eigenvalue weighted by Gasteiger charge is -2.18. The van der Waals surface area contributed by atoms with Crippen molar-refractivity contribution in [3.63, 3.8) is 0 Å². The number of carbonyl (C=O) groups is 3. The molecule has 27 heavy (non-hydrogen) atoms. The van der Waals surface area contributed by atoms with Gasteiger partial charge in [0, 0.05) is 11.3 Å². The third kappa shape index (κ3) is 2.42. The van der Waals surface area contributed by atoms with Crippen molar-refractivity contribution < 1.29 is 14.4 Å². The molecular formula is C22H18N2O3. The van der Waals surface area contributed by atoms with E-state index in [1.165, 1.54) is 4.90 Å². The molecule has 5 rings (SSSR count). The predicted octanol–water partition coefficient (Wildman–Crippen LogP) is 3.25. The Morgan fingerprint density at radius 2 is 1.56 bits per heavy atom. The number of imide groups is 1. The molecule has 5 nitrogen and oxygen atoms in total. The Morgan fingerprint density at radius 1 is 0.889 bits per heavy atom. The molecule has 3 amide bonds. The summed E-state index contributed by atoms with van der Waals surface area (Å²) in [6.07, 6.45) is 5.05. The highest BCUT2D eigenvalue weighted by molar-refractivity contribution is 6.23. The van der Waals surface area contributed by atoms with Crippen molar-refractivity contribution in [1.29, 1.82) is 0 Å². The minimum Gasteiger partial charge on any atom is -0.322 e. The molecule has 0 unspecified atom stereocenters. The first kappa shape index (κ1) is 16.0. The Morgan fingerprint density at radius 3 is 2.22 bits per heavy atom. The molecule has 2 bridgehead atoms. The molecule has 0 aromatic heterocycles. The average molecular weight is 358 g/mol. The van der Waals surface area contributed by atoms with Crippen LogP contribution in [0.2, 0.25) is 0 Å². The van der Waals surface area contributed by atoms with Crippen LogP contribution in [-0.2, 0) is 9.59 Å². The normalized spacial score (nSPS) is 27.9. The van der Waals surface area contributed by atoms with Crippen LogP contribution in [0.4, 0.5) is 11.4 Å². The molecule has 5 heteroatoms. The van der Waals surface area contributed by atoms with E-state index in [9.17, 15) is 14.4 Å². The van der Waals surface area contributed by atoms with Crippen molar-refractivity contribution >= 4 is 29.1 Å². The quantitative estimate of drug-likeness (QED) is 0.677. The minimum absolute atomic E-state index is 0.137. The summed E-state index contributed by atoms with van der Waals surface area (Å²) < 4.78 is 0. The maximum atomic E-state index is 12.9. The second-order valence-corrected chi connectivity index (χ2v) is 7.38. The van der Waals surface area contributed by atoms with Crippen LogP contribution >= 0.6 is 0 Å². The fourth-order valence-electron chi connectivity index (χ4n) is 4.67. The number of hydrogen-bond acceptors (Lipinski definition) is 3. The van der Waals surface area contributed by atoms with Gasteiger partial charge in [0.2, 0.25) is 11.8 Å². The average Bonchev–Trinajstić information content (AvgIpc) is 3.36. The van der Waals surface area contributed by atoms with Crippen molar-refractivity contribution in [3.05, 3.63) is 72.3 Å². The van der Waals surface area contributed by atoms with E-state index in [0.29, 0.717) is 16.9 Å². The van der Waals surface area contributed by atoms with E-state index in [1.807, 2.05) is 18.2 Å². The Labute approximate surface area is 156 Å². The second-order valence-electron chi connectivity index (χ2n) is 7.38. The first-order valence-corrected chi connectivity index (χ1v) is 9.16. The molecule has 2 aromatic rings. The maximum absolute atomic E-state index is 12.9. The van der Waals surface area contributed by atoms with Crippen LogP contribution in [-0.4, -0.2) is 17.7 Å². The van der Waals surface area contributed by atoms with Gasteiger partial charge < -0.3 is 5.32 Å². The summed E-state index contributed by atoms with van der Waals surface area (Å²) in [5.41, 5.74) is 1.58. The summed E-state index contributed by atoms with van der Waals surface area (Å²) in [6.45, 7) is 0. The van der Waals surface area contributed by atoms with Crippen molar-refractivity contribution in [2.75, 3.05) is 10.2 Å². The molecule has 1 heterocycles. The third-order valence-electron chi connectivity index (χ3n) is 5.87. The minimum atomic E-state index is -0.274. The largest absolute Gasteiger partial charge is 0.322 e. The molecule has 1 N–H and O–H groups in total. The number of anilines is 2. The molecule has 0 spiro atoms. The van der Waals surface area contributed by atoms with E-state index in [-0.39, 0.29) is 41.4 Å². The Balaban J connectivity index is 1.42. The van der Waals surface area contributed by atoms with Gasteiger partial charge in [0.25, 0.3) is 5.91 Å². The summed E-state index contributed by atoms with van der Waals surface area (Å²) in [5, 5.41) is 2.83. The Kier molecular flexibility index (Phi) is 3.50. The molecule has 1 aliphatic heterocycles. The van der Waals surface area contributed by atoms with Crippen molar-refractivity contribution in [3.8, 4) is 0 Å². The van der Waals surface area contributed by atoms with E-state index in [1.54, 1.807) is 36.4 Å². The number of rotatable bonds is 3. The molecule has 2 fully saturated rings. The van der Waals surface area contributed by atoms with Gasteiger partial charge in [0.1, 0.15) is 0 Å². The first-order valence-electron chi connectivity index (χ1n) is 9.16. The van der Waals surface area contributed by atoms with Gasteiger partial charge in [-0.15, -0.1) is 0 Å². The van der Waals surface area contributed by atoms with Gasteiger partial charge in [-0.05, 0) is 48.6 Å². The highest BCUT2D eigenvalue weighted by atomic mass is 16.2. The number of amides is 3. The zero-order valence-corrected chi connectivity index (χ0v) is 14.5. The highest BCUT2D eigenvalue weighted by Gasteiger charge is 2.59. The van der Waals surface area contributed by atoms with Gasteiger partial charge in [-0.3, -0.25) is 14.4 Å². The zero-order valence-electron chi connectivity index (χ0n) is 14.5. The van der Waals surface area contributed by atoms with Crippen molar-refractivity contribution in [2.45, 2.75) is 6.42 Å². The van der Waals surface area contributed by atoms with Gasteiger partial charge in [0.15, 0.2) is 0 Å². The van der Waals surface area contributed by atoms with Gasteiger partial charge in [0.05, 0.1) is 17.5 Å². The summed E-state index contributed by atoms with van der Waals surface area (Å²) in [7, 11) is 0. The fourth-order valence-corrected chi connectivity index (χ4v) is 4.67. The van der Waals surface area contributed by atoms with Crippen molar-refractivity contribution in [1.82, 2.24) is 0 Å². The Hall–Kier alpha value is -3.21. The lowest BCUT2D eigenvalue weighted by atomic mass is 9.85. The van der Waals surface area contributed by atoms with Gasteiger partial charge in [-0.1, -0.05) is 36.4 Å². The van der Waals surface area contributed by atoms with Crippen LogP contribution < -0.4 is 10.2 Å². The monoisotopic (exact) mass is 358 g/mol. The van der Waals surface area contributed by atoms with Crippen LogP contribution in [0.25, 0.3) is 0 Å². The molecule has 134 valence electrons. The molecule has 3 aliphatic rings. The number of carbonyl (C=O) groups excluding carboxylic acids is 3. The smallest absolute Gasteiger partial charge is 0.255 e. The molecule has 0 radical (unpaired) electrons. The van der Waals surface area contributed by atoms with Gasteiger partial charge in [-0.25, -0.2) is 4.90 Å². The van der Waals surface area contributed by atoms with Crippen molar-refractivity contribution in [2.24, 2.45) is 23.7 Å². The highest BCUT2D eigenvalue weighted by Crippen LogP contribution is 2.53. The molecule has 1 saturated heterocycles. The Bertz CT molecular complexity index is 952. The molecule has 2 aromatic carbocycles. The number of fused-ring (bicyclic) bond motifs is 5. The number of nitrogens with one attached hydrogen (secondary N) is 1. The van der Waals surface area contributed by atoms with Gasteiger partial charge in [-0.2, -0.15) is 0 Å². The van der Waals surface area contributed by atoms with Gasteiger partial charge >= 0.3 is 0 Å². The second kappa shape index (κ2) is 5.91. The first-order chi connectivity index (χ1) is 13.1. The number of benzene rings is 2. The summed E-state index contributed by atoms with van der Waals surface area (Å²) in [5.74, 6) is -0.686. The van der Waals surface area contributed by atoms with Crippen LogP contribution in [0.1, 0.15) is 16.8 Å². The molecule has 2 aliphatic carbocycles. The summed E-state index contributed by atoms with van der Waals surface area (Å²) in [6, 6.07) is 15.9. The van der Waals surface area contributed by atoms with E-state index in [0.717, 1.165) is 6.42 Å². The zero-order chi connectivity index (χ0) is 18.5. The fraction of sp³-hybridized carbons (Fsp3) is 0.227. The van der Waals surface area contributed by atoms with E-state index < -0.39 is 0 Å². The summed E-state index contributed by atoms with van der Waals surface area (Å²) in [4.78, 5) is 39.7. The number of nitrogens with zero attached hydrogens (tertiary/aromatic N) is 1. The molecule has 1 saturated carbocycles. The van der Waals surface area contributed by atoms with Crippen LogP contribution in [0, 0.1) is 23.7 Å². The molecule has 4 atom stereocenters. The number of para-hydroxylation sites is 1. The van der Waals surface area contributed by atoms with Crippen LogP contribution in [0.15, 0.2) is 66.7 Å². The van der Waals surface area contributed by atoms with E-state index in [4.69, 9.17) is 0 Å². The maximum Gasteiger partial charge on any atom is 0.255 e. The SMILES string of the molecule is O=C(Nc1ccccc1)c1cccc(N2C(=O)[C@@H]3[C@@H](C2=O)[C@@H]2C=C[C@@H]3C2)c1. The topological polar surface area (TPSA) is 66.5 Å². The molecular weight excluding hydrogens is 340 g/mol. The standard InChI is InChI=1S/C22H18N2O3/c25-20(23-16-6-2-1-3-7-16)15-5-4-8-17(12-15)24-21(26)18-13-9-10-14(11-13)19(18)22(24)27/h1-10,12-14,18-19H,11H2,(H,23,25)/t13-,14-,18+,19+/m1/s1. The van der Waals surface area contributed by atoms with E-state index >= 15 is 0 Å². The lowest BCUT2D eigenvalue weighted by molar-refractivity contribution is -0.123. The van der Waals surface area contributed by atoms with E-state index in [2.05, 4.69) is 17.5 Å². The number of hydrogen-bond donors (Lipinski definition) is 1. The van der Waals surface area contributed by atoms with Crippen LogP contribution in [0.5, 0.6) is 0 Å². The summed E-state index contributed by atoms with van der Waals surface area (Å²) >= 11 is 0. The van der Waals surface area contributed by atoms with Crippen LogP contribution in [0.3, 0.4) is 0 Å². The predicted molar refractivity (Wildman–Crippen MR) is 101 cm³/mol. The third-order valence-corrected chi connectivity index (χ3v) is 5.87.